The van der Waals surface area contributed by atoms with Gasteiger partial charge in [-0.1, -0.05) is 24.5 Å². The molecule has 0 spiro atoms. The van der Waals surface area contributed by atoms with Crippen LogP contribution >= 0.6 is 0 Å². The van der Waals surface area contributed by atoms with Gasteiger partial charge in [-0.15, -0.1) is 0 Å². The van der Waals surface area contributed by atoms with Gasteiger partial charge < -0.3 is 0 Å². The predicted molar refractivity (Wildman–Crippen MR) is 81.8 cm³/mol. The Morgan fingerprint density at radius 3 is 2.47 bits per heavy atom. The van der Waals surface area contributed by atoms with Crippen LogP contribution in [0.3, 0.4) is 0 Å². The van der Waals surface area contributed by atoms with E-state index in [-0.39, 0.29) is 5.54 Å². The highest BCUT2D eigenvalue weighted by atomic mass is 15.3. The van der Waals surface area contributed by atoms with Crippen molar-refractivity contribution < 1.29 is 0 Å². The van der Waals surface area contributed by atoms with Crippen molar-refractivity contribution in [3.8, 4) is 0 Å². The summed E-state index contributed by atoms with van der Waals surface area (Å²) in [5.41, 5.74) is 4.78. The molecular weight excluding hydrogens is 234 g/mol. The minimum absolute atomic E-state index is 0.116. The first-order valence-corrected chi connectivity index (χ1v) is 8.06. The number of hydrogen-bond acceptors (Lipinski definition) is 3. The summed E-state index contributed by atoms with van der Waals surface area (Å²) in [6.45, 7) is 7.15. The van der Waals surface area contributed by atoms with Crippen molar-refractivity contribution in [3.63, 3.8) is 0 Å². The topological polar surface area (TPSA) is 41.3 Å². The molecule has 2 aliphatic rings. The van der Waals surface area contributed by atoms with Crippen LogP contribution in [-0.2, 0) is 0 Å². The average molecular weight is 265 g/mol. The fraction of sp³-hybridized carbons (Fsp3) is 0.875. The summed E-state index contributed by atoms with van der Waals surface area (Å²) >= 11 is 0. The first-order valence-electron chi connectivity index (χ1n) is 8.06. The molecule has 1 atom stereocenters. The van der Waals surface area contributed by atoms with Gasteiger partial charge in [-0.3, -0.25) is 16.2 Å². The third-order valence-corrected chi connectivity index (χ3v) is 4.99. The molecule has 1 aliphatic heterocycles. The van der Waals surface area contributed by atoms with Gasteiger partial charge >= 0.3 is 0 Å². The molecule has 0 radical (unpaired) electrons. The molecule has 1 saturated heterocycles. The minimum atomic E-state index is 0.116. The van der Waals surface area contributed by atoms with Crippen molar-refractivity contribution in [3.05, 3.63) is 11.6 Å². The lowest BCUT2D eigenvalue weighted by atomic mass is 9.84. The van der Waals surface area contributed by atoms with E-state index in [2.05, 4.69) is 30.2 Å². The number of rotatable bonds is 4. The Kier molecular flexibility index (Phi) is 5.43. The number of hydrazine groups is 1. The lowest BCUT2D eigenvalue weighted by Crippen LogP contribution is -2.61. The summed E-state index contributed by atoms with van der Waals surface area (Å²) in [6, 6.07) is 0.295. The Labute approximate surface area is 118 Å². The summed E-state index contributed by atoms with van der Waals surface area (Å²) in [6.07, 6.45) is 13.0. The predicted octanol–water partition coefficient (Wildman–Crippen LogP) is 2.97. The minimum Gasteiger partial charge on any atom is -0.296 e. The summed E-state index contributed by atoms with van der Waals surface area (Å²) in [7, 11) is 0. The molecule has 110 valence electrons. The second kappa shape index (κ2) is 6.87. The summed E-state index contributed by atoms with van der Waals surface area (Å²) < 4.78 is 0. The normalized spacial score (nSPS) is 24.7. The van der Waals surface area contributed by atoms with Crippen molar-refractivity contribution in [2.24, 2.45) is 5.84 Å². The van der Waals surface area contributed by atoms with Crippen LogP contribution in [0.15, 0.2) is 11.6 Å². The molecule has 3 N–H and O–H groups in total. The lowest BCUT2D eigenvalue weighted by Gasteiger charge is -2.46. The van der Waals surface area contributed by atoms with Crippen LogP contribution in [0.1, 0.15) is 65.2 Å². The maximum absolute atomic E-state index is 5.93. The Morgan fingerprint density at radius 2 is 1.79 bits per heavy atom. The SMILES string of the molecule is CC(C)(C(NN)C1=CCCCCC1)N1CCCCC1. The lowest BCUT2D eigenvalue weighted by molar-refractivity contribution is 0.0706. The Morgan fingerprint density at radius 1 is 1.11 bits per heavy atom. The summed E-state index contributed by atoms with van der Waals surface area (Å²) in [5, 5.41) is 0. The fourth-order valence-electron chi connectivity index (χ4n) is 3.72. The number of nitrogens with two attached hydrogens (primary N) is 1. The number of hydrogen-bond donors (Lipinski definition) is 2. The first kappa shape index (κ1) is 15.0. The summed E-state index contributed by atoms with van der Waals surface area (Å²) in [4.78, 5) is 2.63. The zero-order chi connectivity index (χ0) is 13.7. The molecule has 1 aliphatic carbocycles. The highest BCUT2D eigenvalue weighted by Gasteiger charge is 2.37. The molecule has 1 unspecified atom stereocenters. The zero-order valence-corrected chi connectivity index (χ0v) is 12.8. The monoisotopic (exact) mass is 265 g/mol. The van der Waals surface area contributed by atoms with Crippen LogP contribution in [0.2, 0.25) is 0 Å². The van der Waals surface area contributed by atoms with Crippen LogP contribution in [0.4, 0.5) is 0 Å². The van der Waals surface area contributed by atoms with E-state index in [0.29, 0.717) is 6.04 Å². The average Bonchev–Trinajstić information content (AvgIpc) is 2.69. The first-order chi connectivity index (χ1) is 9.16. The van der Waals surface area contributed by atoms with Crippen LogP contribution in [0.25, 0.3) is 0 Å². The molecule has 0 amide bonds. The third kappa shape index (κ3) is 3.59. The van der Waals surface area contributed by atoms with Crippen LogP contribution in [0, 0.1) is 0 Å². The molecule has 0 bridgehead atoms. The maximum atomic E-state index is 5.93. The van der Waals surface area contributed by atoms with Gasteiger partial charge in [-0.2, -0.15) is 0 Å². The second-order valence-electron chi connectivity index (χ2n) is 6.68. The highest BCUT2D eigenvalue weighted by Crippen LogP contribution is 2.30. The zero-order valence-electron chi connectivity index (χ0n) is 12.8. The smallest absolute Gasteiger partial charge is 0.0598 e. The molecule has 0 aromatic rings. The molecule has 1 fully saturated rings. The number of piperidine rings is 1. The molecule has 0 aromatic heterocycles. The van der Waals surface area contributed by atoms with Crippen molar-refractivity contribution in [2.75, 3.05) is 13.1 Å². The van der Waals surface area contributed by atoms with E-state index < -0.39 is 0 Å². The standard InChI is InChI=1S/C16H31N3/c1-16(2,19-12-8-5-9-13-19)15(18-17)14-10-6-3-4-7-11-14/h10,15,18H,3-9,11-13,17H2,1-2H3. The van der Waals surface area contributed by atoms with E-state index in [1.165, 1.54) is 70.0 Å². The van der Waals surface area contributed by atoms with Gasteiger partial charge in [0.15, 0.2) is 0 Å². The maximum Gasteiger partial charge on any atom is 0.0598 e. The molecule has 2 rings (SSSR count). The van der Waals surface area contributed by atoms with Crippen LogP contribution in [-0.4, -0.2) is 29.6 Å². The molecule has 3 heteroatoms. The second-order valence-corrected chi connectivity index (χ2v) is 6.68. The van der Waals surface area contributed by atoms with Gasteiger partial charge in [-0.05, 0) is 65.5 Å². The van der Waals surface area contributed by atoms with Gasteiger partial charge in [0.25, 0.3) is 0 Å². The quantitative estimate of drug-likeness (QED) is 0.466. The number of likely N-dealkylation sites (tertiary alicyclic amines) is 1. The van der Waals surface area contributed by atoms with Crippen molar-refractivity contribution >= 4 is 0 Å². The largest absolute Gasteiger partial charge is 0.296 e. The third-order valence-electron chi connectivity index (χ3n) is 4.99. The van der Waals surface area contributed by atoms with Gasteiger partial charge in [0.05, 0.1) is 6.04 Å². The molecular formula is C16H31N3. The molecule has 0 saturated carbocycles. The number of nitrogens with one attached hydrogen (secondary N) is 1. The van der Waals surface area contributed by atoms with Gasteiger partial charge in [-0.25, -0.2) is 0 Å². The van der Waals surface area contributed by atoms with E-state index >= 15 is 0 Å². The van der Waals surface area contributed by atoms with Gasteiger partial charge in [0.2, 0.25) is 0 Å². The van der Waals surface area contributed by atoms with Crippen LogP contribution < -0.4 is 11.3 Å². The Hall–Kier alpha value is -0.380. The fourth-order valence-corrected chi connectivity index (χ4v) is 3.72. The molecule has 3 nitrogen and oxygen atoms in total. The molecule has 1 heterocycles. The van der Waals surface area contributed by atoms with Crippen LogP contribution in [0.5, 0.6) is 0 Å². The van der Waals surface area contributed by atoms with Crippen molar-refractivity contribution in [1.29, 1.82) is 0 Å². The van der Waals surface area contributed by atoms with Crippen molar-refractivity contribution in [1.82, 2.24) is 10.3 Å². The van der Waals surface area contributed by atoms with E-state index in [1.807, 2.05) is 0 Å². The Balaban J connectivity index is 2.11. The van der Waals surface area contributed by atoms with E-state index in [4.69, 9.17) is 5.84 Å². The van der Waals surface area contributed by atoms with Gasteiger partial charge in [0, 0.05) is 5.54 Å². The van der Waals surface area contributed by atoms with Gasteiger partial charge in [0.1, 0.15) is 0 Å². The number of nitrogens with zero attached hydrogens (tertiary/aromatic N) is 1. The molecule has 19 heavy (non-hydrogen) atoms. The number of allylic oxidation sites excluding steroid dienone is 1. The molecule has 0 aromatic carbocycles. The van der Waals surface area contributed by atoms with Crippen molar-refractivity contribution in [2.45, 2.75) is 76.8 Å². The van der Waals surface area contributed by atoms with E-state index in [1.54, 1.807) is 0 Å². The summed E-state index contributed by atoms with van der Waals surface area (Å²) in [5.74, 6) is 5.93. The van der Waals surface area contributed by atoms with E-state index in [0.717, 1.165) is 0 Å². The highest BCUT2D eigenvalue weighted by molar-refractivity contribution is 5.18. The van der Waals surface area contributed by atoms with E-state index in [9.17, 15) is 0 Å². The Bertz CT molecular complexity index is 303.